The Balaban J connectivity index is 1.74. The summed E-state index contributed by atoms with van der Waals surface area (Å²) in [5, 5.41) is 17.3. The second-order valence-corrected chi connectivity index (χ2v) is 5.96. The van der Waals surface area contributed by atoms with Gasteiger partial charge in [0, 0.05) is 12.8 Å². The molecule has 0 spiro atoms. The number of H-pyrrole nitrogens is 2. The van der Waals surface area contributed by atoms with Gasteiger partial charge in [0.25, 0.3) is 0 Å². The van der Waals surface area contributed by atoms with Crippen LogP contribution in [0, 0.1) is 0 Å². The maximum atomic E-state index is 4.43. The van der Waals surface area contributed by atoms with E-state index in [2.05, 4.69) is 49.5 Å². The van der Waals surface area contributed by atoms with Crippen LogP contribution >= 0.6 is 0 Å². The van der Waals surface area contributed by atoms with Crippen molar-refractivity contribution in [2.24, 2.45) is 0 Å². The summed E-state index contributed by atoms with van der Waals surface area (Å²) in [6.07, 6.45) is 11.7. The zero-order valence-electron chi connectivity index (χ0n) is 14.4. The van der Waals surface area contributed by atoms with Gasteiger partial charge in [0.2, 0.25) is 11.9 Å². The average molecular weight is 319 g/mol. The second kappa shape index (κ2) is 9.97. The Kier molecular flexibility index (Phi) is 7.56. The van der Waals surface area contributed by atoms with Gasteiger partial charge < -0.3 is 0 Å². The summed E-state index contributed by atoms with van der Waals surface area (Å²) in [6.45, 7) is 4.43. The quantitative estimate of drug-likeness (QED) is 0.515. The molecule has 2 heterocycles. The van der Waals surface area contributed by atoms with Crippen molar-refractivity contribution < 1.29 is 0 Å². The van der Waals surface area contributed by atoms with Crippen molar-refractivity contribution in [2.75, 3.05) is 5.32 Å². The van der Waals surface area contributed by atoms with E-state index in [0.717, 1.165) is 37.3 Å². The van der Waals surface area contributed by atoms with Crippen molar-refractivity contribution in [3.8, 4) is 0 Å². The molecule has 0 radical (unpaired) electrons. The number of rotatable bonds is 12. The van der Waals surface area contributed by atoms with Crippen molar-refractivity contribution in [2.45, 2.75) is 78.1 Å². The highest BCUT2D eigenvalue weighted by Crippen LogP contribution is 2.11. The third kappa shape index (κ3) is 6.38. The van der Waals surface area contributed by atoms with E-state index in [4.69, 9.17) is 0 Å². The van der Waals surface area contributed by atoms with Crippen molar-refractivity contribution in [3.63, 3.8) is 0 Å². The first-order chi connectivity index (χ1) is 11.3. The normalized spacial score (nSPS) is 11.0. The lowest BCUT2D eigenvalue weighted by atomic mass is 10.1. The van der Waals surface area contributed by atoms with Gasteiger partial charge in [-0.3, -0.25) is 15.5 Å². The smallest absolute Gasteiger partial charge is 0.248 e. The topological polar surface area (TPSA) is 95.2 Å². The van der Waals surface area contributed by atoms with Gasteiger partial charge in [-0.2, -0.15) is 9.97 Å². The molecule has 0 atom stereocenters. The van der Waals surface area contributed by atoms with Crippen LogP contribution < -0.4 is 5.32 Å². The minimum absolute atomic E-state index is 0.534. The fourth-order valence-electron chi connectivity index (χ4n) is 2.46. The summed E-state index contributed by atoms with van der Waals surface area (Å²) in [7, 11) is 0. The molecule has 2 aromatic rings. The van der Waals surface area contributed by atoms with E-state index in [1.165, 1.54) is 38.5 Å². The highest BCUT2D eigenvalue weighted by molar-refractivity contribution is 5.40. The number of aromatic nitrogens is 6. The summed E-state index contributed by atoms with van der Waals surface area (Å²) in [5.41, 5.74) is 0. The number of nitrogens with zero attached hydrogens (tertiary/aromatic N) is 4. The molecule has 7 heteroatoms. The Morgan fingerprint density at radius 3 is 1.61 bits per heavy atom. The van der Waals surface area contributed by atoms with E-state index in [1.807, 2.05) is 0 Å². The summed E-state index contributed by atoms with van der Waals surface area (Å²) in [4.78, 5) is 8.85. The van der Waals surface area contributed by atoms with E-state index in [-0.39, 0.29) is 0 Å². The number of hydrogen-bond donors (Lipinski definition) is 3. The molecule has 0 bridgehead atoms. The molecule has 128 valence electrons. The Morgan fingerprint density at radius 1 is 0.696 bits per heavy atom. The zero-order valence-corrected chi connectivity index (χ0v) is 14.4. The molecule has 23 heavy (non-hydrogen) atoms. The molecular weight excluding hydrogens is 290 g/mol. The Labute approximate surface area is 138 Å². The lowest BCUT2D eigenvalue weighted by Gasteiger charge is -1.96. The van der Waals surface area contributed by atoms with E-state index in [9.17, 15) is 0 Å². The number of aromatic amines is 2. The van der Waals surface area contributed by atoms with E-state index >= 15 is 0 Å². The standard InChI is InChI=1S/C16H29N7/c1-3-5-7-9-11-13-17-15(22-20-13)19-16-18-14(21-23-16)12-10-8-6-4-2/h3-12H2,1-2H3,(H3,17,18,19,20,21,22,23). The van der Waals surface area contributed by atoms with Gasteiger partial charge in [-0.1, -0.05) is 52.4 Å². The Morgan fingerprint density at radius 2 is 1.17 bits per heavy atom. The molecule has 0 fully saturated rings. The van der Waals surface area contributed by atoms with Gasteiger partial charge in [-0.25, -0.2) is 0 Å². The number of unbranched alkanes of at least 4 members (excludes halogenated alkanes) is 6. The predicted molar refractivity (Wildman–Crippen MR) is 91.7 cm³/mol. The fourth-order valence-corrected chi connectivity index (χ4v) is 2.46. The second-order valence-electron chi connectivity index (χ2n) is 5.96. The van der Waals surface area contributed by atoms with Crippen LogP contribution in [0.4, 0.5) is 11.9 Å². The van der Waals surface area contributed by atoms with E-state index in [1.54, 1.807) is 0 Å². The third-order valence-corrected chi connectivity index (χ3v) is 3.82. The number of aryl methyl sites for hydroxylation is 2. The van der Waals surface area contributed by atoms with Crippen LogP contribution in [0.15, 0.2) is 0 Å². The van der Waals surface area contributed by atoms with Gasteiger partial charge in [0.1, 0.15) is 11.6 Å². The lowest BCUT2D eigenvalue weighted by molar-refractivity contribution is 0.653. The Hall–Kier alpha value is -1.92. The van der Waals surface area contributed by atoms with E-state index in [0.29, 0.717) is 11.9 Å². The van der Waals surface area contributed by atoms with Crippen LogP contribution in [0.5, 0.6) is 0 Å². The zero-order chi connectivity index (χ0) is 16.3. The van der Waals surface area contributed by atoms with Crippen LogP contribution in [-0.4, -0.2) is 30.4 Å². The monoisotopic (exact) mass is 319 g/mol. The molecule has 2 rings (SSSR count). The molecule has 7 nitrogen and oxygen atoms in total. The summed E-state index contributed by atoms with van der Waals surface area (Å²) in [6, 6.07) is 0. The first-order valence-corrected chi connectivity index (χ1v) is 8.91. The number of nitrogens with one attached hydrogen (secondary N) is 3. The molecule has 0 aliphatic rings. The molecule has 0 aliphatic heterocycles. The maximum Gasteiger partial charge on any atom is 0.248 e. The molecular formula is C16H29N7. The Bertz CT molecular complexity index is 498. The van der Waals surface area contributed by atoms with E-state index < -0.39 is 0 Å². The summed E-state index contributed by atoms with van der Waals surface area (Å²) < 4.78 is 0. The molecule has 0 unspecified atom stereocenters. The molecule has 3 N–H and O–H groups in total. The van der Waals surface area contributed by atoms with Gasteiger partial charge in [-0.15, -0.1) is 10.2 Å². The molecule has 0 amide bonds. The molecule has 0 aliphatic carbocycles. The van der Waals surface area contributed by atoms with Crippen molar-refractivity contribution in [1.82, 2.24) is 30.4 Å². The van der Waals surface area contributed by atoms with Crippen molar-refractivity contribution in [3.05, 3.63) is 11.6 Å². The SMILES string of the molecule is CCCCCCc1nc(Nc2n[nH]c(CCCCCC)n2)n[nH]1. The van der Waals surface area contributed by atoms with Crippen molar-refractivity contribution >= 4 is 11.9 Å². The van der Waals surface area contributed by atoms with Gasteiger partial charge in [-0.05, 0) is 12.8 Å². The minimum Gasteiger partial charge on any atom is -0.290 e. The summed E-state index contributed by atoms with van der Waals surface area (Å²) >= 11 is 0. The largest absolute Gasteiger partial charge is 0.290 e. The maximum absolute atomic E-state index is 4.43. The highest BCUT2D eigenvalue weighted by Gasteiger charge is 2.07. The van der Waals surface area contributed by atoms with Crippen LogP contribution in [0.2, 0.25) is 0 Å². The molecule has 0 saturated heterocycles. The molecule has 0 saturated carbocycles. The molecule has 2 aromatic heterocycles. The first kappa shape index (κ1) is 17.4. The number of anilines is 2. The summed E-state index contributed by atoms with van der Waals surface area (Å²) in [5.74, 6) is 2.90. The van der Waals surface area contributed by atoms with Crippen LogP contribution in [0.3, 0.4) is 0 Å². The lowest BCUT2D eigenvalue weighted by Crippen LogP contribution is -1.95. The minimum atomic E-state index is 0.534. The van der Waals surface area contributed by atoms with Crippen molar-refractivity contribution in [1.29, 1.82) is 0 Å². The first-order valence-electron chi connectivity index (χ1n) is 8.91. The number of hydrogen-bond acceptors (Lipinski definition) is 5. The van der Waals surface area contributed by atoms with Gasteiger partial charge in [0.05, 0.1) is 0 Å². The van der Waals surface area contributed by atoms with Gasteiger partial charge in [0.15, 0.2) is 0 Å². The molecule has 0 aromatic carbocycles. The van der Waals surface area contributed by atoms with Crippen LogP contribution in [0.25, 0.3) is 0 Å². The highest BCUT2D eigenvalue weighted by atomic mass is 15.4. The van der Waals surface area contributed by atoms with Gasteiger partial charge >= 0.3 is 0 Å². The fraction of sp³-hybridized carbons (Fsp3) is 0.750. The predicted octanol–water partition coefficient (Wildman–Crippen LogP) is 3.91. The third-order valence-electron chi connectivity index (χ3n) is 3.82. The average Bonchev–Trinajstić information content (AvgIpc) is 3.18. The van der Waals surface area contributed by atoms with Crippen LogP contribution in [0.1, 0.15) is 76.9 Å². The van der Waals surface area contributed by atoms with Crippen LogP contribution in [-0.2, 0) is 12.8 Å².